The first-order valence-electron chi connectivity index (χ1n) is 7.36. The Balaban J connectivity index is 2.25. The van der Waals surface area contributed by atoms with E-state index in [4.69, 9.17) is 15.2 Å². The van der Waals surface area contributed by atoms with Crippen molar-refractivity contribution >= 4 is 0 Å². The second kappa shape index (κ2) is 7.64. The van der Waals surface area contributed by atoms with Gasteiger partial charge in [-0.1, -0.05) is 26.0 Å². The molecule has 0 radical (unpaired) electrons. The van der Waals surface area contributed by atoms with Gasteiger partial charge in [-0.15, -0.1) is 0 Å². The second-order valence-electron chi connectivity index (χ2n) is 4.76. The molecule has 0 aliphatic carbocycles. The van der Waals surface area contributed by atoms with Gasteiger partial charge in [-0.25, -0.2) is 4.98 Å². The average molecular weight is 286 g/mol. The number of ether oxygens (including phenoxy) is 2. The van der Waals surface area contributed by atoms with Crippen LogP contribution in [0.4, 0.5) is 0 Å². The highest BCUT2D eigenvalue weighted by Gasteiger charge is 2.08. The van der Waals surface area contributed by atoms with Crippen LogP contribution in [-0.4, -0.2) is 11.6 Å². The fourth-order valence-corrected chi connectivity index (χ4v) is 1.95. The molecule has 0 saturated carbocycles. The molecule has 1 aromatic heterocycles. The van der Waals surface area contributed by atoms with Crippen molar-refractivity contribution in [3.63, 3.8) is 0 Å². The maximum atomic E-state index is 5.90. The molecule has 2 rings (SSSR count). The first kappa shape index (κ1) is 15.3. The van der Waals surface area contributed by atoms with Crippen molar-refractivity contribution in [3.05, 3.63) is 47.7 Å². The zero-order valence-corrected chi connectivity index (χ0v) is 12.6. The molecule has 4 nitrogen and oxygen atoms in total. The predicted octanol–water partition coefficient (Wildman–Crippen LogP) is 3.68. The molecule has 1 aromatic carbocycles. The van der Waals surface area contributed by atoms with Gasteiger partial charge in [0.25, 0.3) is 0 Å². The SMILES string of the molecule is CCCOc1ccccc1Oc1cc(CN)cc(CC)n1. The van der Waals surface area contributed by atoms with Crippen LogP contribution in [0.15, 0.2) is 36.4 Å². The van der Waals surface area contributed by atoms with Gasteiger partial charge in [0.2, 0.25) is 5.88 Å². The third-order valence-electron chi connectivity index (χ3n) is 3.04. The summed E-state index contributed by atoms with van der Waals surface area (Å²) in [5.74, 6) is 1.97. The van der Waals surface area contributed by atoms with E-state index < -0.39 is 0 Å². The van der Waals surface area contributed by atoms with E-state index in [2.05, 4.69) is 18.8 Å². The summed E-state index contributed by atoms with van der Waals surface area (Å²) in [4.78, 5) is 4.48. The summed E-state index contributed by atoms with van der Waals surface area (Å²) in [6.07, 6.45) is 1.80. The quantitative estimate of drug-likeness (QED) is 0.843. The van der Waals surface area contributed by atoms with Crippen LogP contribution in [0.2, 0.25) is 0 Å². The van der Waals surface area contributed by atoms with Gasteiger partial charge in [-0.05, 0) is 36.6 Å². The van der Waals surface area contributed by atoms with Crippen LogP contribution in [0.3, 0.4) is 0 Å². The largest absolute Gasteiger partial charge is 0.490 e. The van der Waals surface area contributed by atoms with Crippen LogP contribution in [0.25, 0.3) is 0 Å². The van der Waals surface area contributed by atoms with E-state index >= 15 is 0 Å². The molecule has 21 heavy (non-hydrogen) atoms. The van der Waals surface area contributed by atoms with E-state index in [9.17, 15) is 0 Å². The zero-order chi connectivity index (χ0) is 15.1. The fraction of sp³-hybridized carbons (Fsp3) is 0.353. The summed E-state index contributed by atoms with van der Waals surface area (Å²) in [5.41, 5.74) is 7.71. The topological polar surface area (TPSA) is 57.4 Å². The summed E-state index contributed by atoms with van der Waals surface area (Å²) in [6, 6.07) is 11.5. The molecule has 0 amide bonds. The van der Waals surface area contributed by atoms with Crippen LogP contribution in [-0.2, 0) is 13.0 Å². The lowest BCUT2D eigenvalue weighted by atomic mass is 10.2. The van der Waals surface area contributed by atoms with E-state index in [1.165, 1.54) is 0 Å². The highest BCUT2D eigenvalue weighted by atomic mass is 16.5. The molecule has 4 heteroatoms. The Hall–Kier alpha value is -2.07. The number of aromatic nitrogens is 1. The number of nitrogens with zero attached hydrogens (tertiary/aromatic N) is 1. The molecule has 0 aliphatic heterocycles. The van der Waals surface area contributed by atoms with E-state index in [0.717, 1.165) is 29.8 Å². The number of benzene rings is 1. The fourth-order valence-electron chi connectivity index (χ4n) is 1.95. The number of hydrogen-bond acceptors (Lipinski definition) is 4. The van der Waals surface area contributed by atoms with E-state index in [-0.39, 0.29) is 0 Å². The molecule has 0 saturated heterocycles. The first-order valence-corrected chi connectivity index (χ1v) is 7.36. The maximum absolute atomic E-state index is 5.90. The van der Waals surface area contributed by atoms with Crippen molar-refractivity contribution in [1.82, 2.24) is 4.98 Å². The third kappa shape index (κ3) is 4.20. The van der Waals surface area contributed by atoms with Gasteiger partial charge < -0.3 is 15.2 Å². The highest BCUT2D eigenvalue weighted by molar-refractivity contribution is 5.42. The van der Waals surface area contributed by atoms with E-state index in [0.29, 0.717) is 24.8 Å². The molecule has 0 spiro atoms. The molecular weight excluding hydrogens is 264 g/mol. The van der Waals surface area contributed by atoms with Crippen LogP contribution in [0.1, 0.15) is 31.5 Å². The van der Waals surface area contributed by atoms with Gasteiger partial charge in [0.05, 0.1) is 6.61 Å². The number of pyridine rings is 1. The molecule has 2 N–H and O–H groups in total. The normalized spacial score (nSPS) is 10.4. The minimum atomic E-state index is 0.472. The Kier molecular flexibility index (Phi) is 5.58. The van der Waals surface area contributed by atoms with Gasteiger partial charge in [-0.2, -0.15) is 0 Å². The van der Waals surface area contributed by atoms with Crippen molar-refractivity contribution < 1.29 is 9.47 Å². The monoisotopic (exact) mass is 286 g/mol. The van der Waals surface area contributed by atoms with E-state index in [1.54, 1.807) is 0 Å². The summed E-state index contributed by atoms with van der Waals surface area (Å²) < 4.78 is 11.6. The van der Waals surface area contributed by atoms with Crippen LogP contribution in [0.5, 0.6) is 17.4 Å². The van der Waals surface area contributed by atoms with Crippen LogP contribution < -0.4 is 15.2 Å². The Morgan fingerprint density at radius 1 is 1.10 bits per heavy atom. The van der Waals surface area contributed by atoms with Gasteiger partial charge >= 0.3 is 0 Å². The summed E-state index contributed by atoms with van der Waals surface area (Å²) >= 11 is 0. The van der Waals surface area contributed by atoms with Crippen molar-refractivity contribution in [1.29, 1.82) is 0 Å². The summed E-state index contributed by atoms with van der Waals surface area (Å²) in [5, 5.41) is 0. The molecule has 2 aromatic rings. The lowest BCUT2D eigenvalue weighted by Gasteiger charge is -2.12. The van der Waals surface area contributed by atoms with Crippen molar-refractivity contribution in [2.75, 3.05) is 6.61 Å². The van der Waals surface area contributed by atoms with E-state index in [1.807, 2.05) is 36.4 Å². The summed E-state index contributed by atoms with van der Waals surface area (Å²) in [7, 11) is 0. The predicted molar refractivity (Wildman–Crippen MR) is 83.8 cm³/mol. The molecule has 0 bridgehead atoms. The number of nitrogens with two attached hydrogens (primary N) is 1. The number of hydrogen-bond donors (Lipinski definition) is 1. The second-order valence-corrected chi connectivity index (χ2v) is 4.76. The highest BCUT2D eigenvalue weighted by Crippen LogP contribution is 2.31. The number of aryl methyl sites for hydroxylation is 1. The minimum absolute atomic E-state index is 0.472. The summed E-state index contributed by atoms with van der Waals surface area (Å²) in [6.45, 7) is 5.27. The van der Waals surface area contributed by atoms with Gasteiger partial charge in [0.1, 0.15) is 0 Å². The Morgan fingerprint density at radius 2 is 1.86 bits per heavy atom. The zero-order valence-electron chi connectivity index (χ0n) is 12.6. The molecular formula is C17H22N2O2. The lowest BCUT2D eigenvalue weighted by Crippen LogP contribution is -2.02. The molecule has 0 fully saturated rings. The number of para-hydroxylation sites is 2. The molecule has 1 heterocycles. The maximum Gasteiger partial charge on any atom is 0.219 e. The van der Waals surface area contributed by atoms with Crippen molar-refractivity contribution in [3.8, 4) is 17.4 Å². The van der Waals surface area contributed by atoms with Crippen molar-refractivity contribution in [2.24, 2.45) is 5.73 Å². The molecule has 0 unspecified atom stereocenters. The Morgan fingerprint density at radius 3 is 2.52 bits per heavy atom. The third-order valence-corrected chi connectivity index (χ3v) is 3.04. The molecule has 112 valence electrons. The molecule has 0 aliphatic rings. The minimum Gasteiger partial charge on any atom is -0.490 e. The van der Waals surface area contributed by atoms with Crippen LogP contribution >= 0.6 is 0 Å². The molecule has 0 atom stereocenters. The Labute approximate surface area is 125 Å². The number of rotatable bonds is 7. The lowest BCUT2D eigenvalue weighted by molar-refractivity contribution is 0.300. The smallest absolute Gasteiger partial charge is 0.219 e. The average Bonchev–Trinajstić information content (AvgIpc) is 2.53. The van der Waals surface area contributed by atoms with Gasteiger partial charge in [-0.3, -0.25) is 0 Å². The van der Waals surface area contributed by atoms with Crippen LogP contribution in [0, 0.1) is 0 Å². The Bertz CT molecular complexity index is 563. The standard InChI is InChI=1S/C17H22N2O2/c1-3-9-20-15-7-5-6-8-16(15)21-17-11-13(12-18)10-14(4-2)19-17/h5-8,10-11H,3-4,9,12,18H2,1-2H3. The first-order chi connectivity index (χ1) is 10.3. The van der Waals surface area contributed by atoms with Gasteiger partial charge in [0.15, 0.2) is 11.5 Å². The van der Waals surface area contributed by atoms with Gasteiger partial charge in [0, 0.05) is 18.3 Å². The van der Waals surface area contributed by atoms with Crippen molar-refractivity contribution in [2.45, 2.75) is 33.2 Å².